The van der Waals surface area contributed by atoms with E-state index in [9.17, 15) is 20.4 Å². The standard InChI is InChI=1S/C16H16O5/c17-11-3-1-10(2-4-11)8-16(20)9-21-14-7-12(18)5-6-13(14)15(16)19/h1-7,15,17-20H,8-9H2/t15-,16+/m0/s1. The molecular weight excluding hydrogens is 272 g/mol. The highest BCUT2D eigenvalue weighted by atomic mass is 16.5. The third kappa shape index (κ3) is 2.53. The summed E-state index contributed by atoms with van der Waals surface area (Å²) in [6, 6.07) is 10.8. The maximum Gasteiger partial charge on any atom is 0.133 e. The van der Waals surface area contributed by atoms with Crippen LogP contribution in [0.1, 0.15) is 17.2 Å². The number of aliphatic hydroxyl groups excluding tert-OH is 1. The zero-order chi connectivity index (χ0) is 15.0. The van der Waals surface area contributed by atoms with Gasteiger partial charge in [0.1, 0.15) is 35.6 Å². The number of aromatic hydroxyl groups is 2. The summed E-state index contributed by atoms with van der Waals surface area (Å²) in [5.74, 6) is 0.565. The maximum absolute atomic E-state index is 10.7. The third-order valence-corrected chi connectivity index (χ3v) is 3.72. The van der Waals surface area contributed by atoms with Gasteiger partial charge in [-0.25, -0.2) is 0 Å². The molecule has 0 aromatic heterocycles. The Morgan fingerprint density at radius 2 is 1.71 bits per heavy atom. The monoisotopic (exact) mass is 288 g/mol. The fourth-order valence-corrected chi connectivity index (χ4v) is 2.56. The number of benzene rings is 2. The van der Waals surface area contributed by atoms with Gasteiger partial charge in [0.15, 0.2) is 0 Å². The van der Waals surface area contributed by atoms with Gasteiger partial charge in [-0.15, -0.1) is 0 Å². The molecule has 5 nitrogen and oxygen atoms in total. The molecule has 1 aliphatic heterocycles. The van der Waals surface area contributed by atoms with Crippen molar-refractivity contribution in [3.8, 4) is 17.2 Å². The fraction of sp³-hybridized carbons (Fsp3) is 0.250. The van der Waals surface area contributed by atoms with Crippen molar-refractivity contribution in [1.29, 1.82) is 0 Å². The number of phenols is 2. The minimum Gasteiger partial charge on any atom is -0.508 e. The van der Waals surface area contributed by atoms with E-state index in [4.69, 9.17) is 4.74 Å². The highest BCUT2D eigenvalue weighted by molar-refractivity contribution is 5.44. The molecule has 2 atom stereocenters. The van der Waals surface area contributed by atoms with E-state index >= 15 is 0 Å². The second-order valence-electron chi connectivity index (χ2n) is 5.36. The molecule has 0 amide bonds. The molecule has 2 aromatic rings. The van der Waals surface area contributed by atoms with Crippen LogP contribution in [-0.4, -0.2) is 32.6 Å². The molecule has 4 N–H and O–H groups in total. The molecule has 0 bridgehead atoms. The number of rotatable bonds is 2. The van der Waals surface area contributed by atoms with E-state index in [0.29, 0.717) is 11.3 Å². The normalized spacial score (nSPS) is 24.2. The highest BCUT2D eigenvalue weighted by Crippen LogP contribution is 2.40. The fourth-order valence-electron chi connectivity index (χ4n) is 2.56. The van der Waals surface area contributed by atoms with Gasteiger partial charge in [-0.3, -0.25) is 0 Å². The lowest BCUT2D eigenvalue weighted by molar-refractivity contribution is -0.114. The number of aliphatic hydroxyl groups is 2. The predicted octanol–water partition coefficient (Wildman–Crippen LogP) is 1.50. The molecule has 2 aromatic carbocycles. The number of ether oxygens (including phenoxy) is 1. The number of hydrogen-bond donors (Lipinski definition) is 4. The van der Waals surface area contributed by atoms with E-state index in [1.807, 2.05) is 0 Å². The van der Waals surface area contributed by atoms with Crippen LogP contribution >= 0.6 is 0 Å². The van der Waals surface area contributed by atoms with E-state index < -0.39 is 11.7 Å². The summed E-state index contributed by atoms with van der Waals surface area (Å²) in [7, 11) is 0. The molecule has 0 radical (unpaired) electrons. The summed E-state index contributed by atoms with van der Waals surface area (Å²) >= 11 is 0. The molecule has 0 fully saturated rings. The molecule has 0 saturated carbocycles. The topological polar surface area (TPSA) is 90.2 Å². The van der Waals surface area contributed by atoms with Crippen LogP contribution in [-0.2, 0) is 6.42 Å². The quantitative estimate of drug-likeness (QED) is 0.672. The predicted molar refractivity (Wildman–Crippen MR) is 75.3 cm³/mol. The smallest absolute Gasteiger partial charge is 0.133 e. The van der Waals surface area contributed by atoms with Crippen LogP contribution < -0.4 is 4.74 Å². The molecule has 0 saturated heterocycles. The van der Waals surface area contributed by atoms with Gasteiger partial charge in [0.25, 0.3) is 0 Å². The highest BCUT2D eigenvalue weighted by Gasteiger charge is 2.42. The van der Waals surface area contributed by atoms with Gasteiger partial charge in [-0.05, 0) is 29.8 Å². The van der Waals surface area contributed by atoms with Crippen LogP contribution in [0.3, 0.4) is 0 Å². The summed E-state index contributed by atoms with van der Waals surface area (Å²) in [5.41, 5.74) is -0.235. The first-order valence-electron chi connectivity index (χ1n) is 6.62. The van der Waals surface area contributed by atoms with Crippen molar-refractivity contribution < 1.29 is 25.2 Å². The van der Waals surface area contributed by atoms with E-state index in [0.717, 1.165) is 5.56 Å². The van der Waals surface area contributed by atoms with Gasteiger partial charge in [-0.2, -0.15) is 0 Å². The Kier molecular flexibility index (Phi) is 3.23. The first-order valence-corrected chi connectivity index (χ1v) is 6.62. The lowest BCUT2D eigenvalue weighted by Crippen LogP contribution is -2.47. The Morgan fingerprint density at radius 1 is 1.05 bits per heavy atom. The summed E-state index contributed by atoms with van der Waals surface area (Å²) in [5, 5.41) is 39.8. The van der Waals surface area contributed by atoms with Crippen LogP contribution in [0.25, 0.3) is 0 Å². The molecule has 0 spiro atoms. The summed E-state index contributed by atoms with van der Waals surface area (Å²) in [6.45, 7) is -0.0779. The molecule has 3 rings (SSSR count). The largest absolute Gasteiger partial charge is 0.508 e. The molecule has 0 aliphatic carbocycles. The van der Waals surface area contributed by atoms with Gasteiger partial charge in [0.2, 0.25) is 0 Å². The zero-order valence-electron chi connectivity index (χ0n) is 11.2. The molecule has 1 aliphatic rings. The average molecular weight is 288 g/mol. The maximum atomic E-state index is 10.7. The van der Waals surface area contributed by atoms with Gasteiger partial charge in [-0.1, -0.05) is 12.1 Å². The third-order valence-electron chi connectivity index (χ3n) is 3.72. The molecule has 1 heterocycles. The number of fused-ring (bicyclic) bond motifs is 1. The van der Waals surface area contributed by atoms with Crippen LogP contribution in [0.15, 0.2) is 42.5 Å². The lowest BCUT2D eigenvalue weighted by atomic mass is 9.84. The van der Waals surface area contributed by atoms with E-state index in [1.54, 1.807) is 12.1 Å². The van der Waals surface area contributed by atoms with Crippen LogP contribution in [0.2, 0.25) is 0 Å². The zero-order valence-corrected chi connectivity index (χ0v) is 11.2. The van der Waals surface area contributed by atoms with Crippen molar-refractivity contribution in [2.45, 2.75) is 18.1 Å². The summed E-state index contributed by atoms with van der Waals surface area (Å²) < 4.78 is 5.47. The Balaban J connectivity index is 1.88. The SMILES string of the molecule is Oc1ccc(C[C@@]2(O)COc3cc(O)ccc3[C@@H]2O)cc1. The Labute approximate surface area is 121 Å². The minimum absolute atomic E-state index is 0.0462. The minimum atomic E-state index is -1.46. The molecule has 21 heavy (non-hydrogen) atoms. The average Bonchev–Trinajstić information content (AvgIpc) is 2.46. The van der Waals surface area contributed by atoms with Gasteiger partial charge in [0, 0.05) is 18.1 Å². The Morgan fingerprint density at radius 3 is 2.43 bits per heavy atom. The summed E-state index contributed by atoms with van der Waals surface area (Å²) in [6.07, 6.45) is -0.926. The van der Waals surface area contributed by atoms with Gasteiger partial charge < -0.3 is 25.2 Å². The van der Waals surface area contributed by atoms with E-state index in [1.165, 1.54) is 30.3 Å². The van der Waals surface area contributed by atoms with Crippen molar-refractivity contribution >= 4 is 0 Å². The van der Waals surface area contributed by atoms with Crippen molar-refractivity contribution in [3.05, 3.63) is 53.6 Å². The Hall–Kier alpha value is -2.24. The molecule has 5 heteroatoms. The number of phenolic OH excluding ortho intramolecular Hbond substituents is 2. The van der Waals surface area contributed by atoms with Crippen molar-refractivity contribution in [3.63, 3.8) is 0 Å². The van der Waals surface area contributed by atoms with Crippen LogP contribution in [0.4, 0.5) is 0 Å². The first kappa shape index (κ1) is 13.7. The lowest BCUT2D eigenvalue weighted by Gasteiger charge is -2.38. The molecular formula is C16H16O5. The van der Waals surface area contributed by atoms with Crippen molar-refractivity contribution in [1.82, 2.24) is 0 Å². The number of hydrogen-bond acceptors (Lipinski definition) is 5. The second kappa shape index (κ2) is 4.95. The molecule has 0 unspecified atom stereocenters. The van der Waals surface area contributed by atoms with Crippen LogP contribution in [0, 0.1) is 0 Å². The van der Waals surface area contributed by atoms with E-state index in [-0.39, 0.29) is 24.5 Å². The second-order valence-corrected chi connectivity index (χ2v) is 5.36. The van der Waals surface area contributed by atoms with E-state index in [2.05, 4.69) is 0 Å². The van der Waals surface area contributed by atoms with Gasteiger partial charge >= 0.3 is 0 Å². The molecule has 110 valence electrons. The van der Waals surface area contributed by atoms with Crippen LogP contribution in [0.5, 0.6) is 17.2 Å². The Bertz CT molecular complexity index is 652. The van der Waals surface area contributed by atoms with Gasteiger partial charge in [0.05, 0.1) is 0 Å². The summed E-state index contributed by atoms with van der Waals surface area (Å²) in [4.78, 5) is 0. The van der Waals surface area contributed by atoms with Crippen molar-refractivity contribution in [2.75, 3.05) is 6.61 Å². The van der Waals surface area contributed by atoms with Crippen molar-refractivity contribution in [2.24, 2.45) is 0 Å². The first-order chi connectivity index (χ1) is 9.98.